The summed E-state index contributed by atoms with van der Waals surface area (Å²) in [5, 5.41) is 9.50. The van der Waals surface area contributed by atoms with E-state index in [1.54, 1.807) is 51.9 Å². The summed E-state index contributed by atoms with van der Waals surface area (Å²) >= 11 is 4.87. The normalized spacial score (nSPS) is 12.0. The topological polar surface area (TPSA) is 121 Å². The van der Waals surface area contributed by atoms with Gasteiger partial charge in [-0.2, -0.15) is 0 Å². The number of carbonyl (C=O) groups excluding carboxylic acids is 4. The molecule has 0 bridgehead atoms. The van der Waals surface area contributed by atoms with Crippen LogP contribution in [0.5, 0.6) is 0 Å². The van der Waals surface area contributed by atoms with Gasteiger partial charge in [0, 0.05) is 85.3 Å². The molecule has 0 saturated carbocycles. The van der Waals surface area contributed by atoms with E-state index in [1.165, 1.54) is 139 Å². The van der Waals surface area contributed by atoms with Gasteiger partial charge in [-0.3, -0.25) is 37.1 Å². The Hall–Kier alpha value is 0.134. The van der Waals surface area contributed by atoms with Crippen molar-refractivity contribution in [3.8, 4) is 0 Å². The summed E-state index contributed by atoms with van der Waals surface area (Å²) in [5.41, 5.74) is 28.7. The standard InChI is InChI=1S/C27H40NP2.C27H39NP2.C23H43NP2.C19H35NP2.4CHO.3ClH.4Ru.4H/c2*1-18(2)29(19(3)4)16-24-13-9-11-22-15-23-12-10-14-25(27(23)28-26(22)24)17-30(20(5)6)21(7)8;1-20(2,3)25(21(4,5)6)16-18-14-13-15-19(24-18)17-26(22(7,8)9)23(10,11)12;1-14(2)21(15(3)4)12-18-10-9-11-19(20-18)13-22(16(5)6)17(7)8;4*1-2;;;;;;;;;;;/h9-14,18-21H,15-17H2,1-8H3;9-15,18-21H,16-17H2,1-8H3;13-15H,16-17H2,1-12H3;9-11,14-17H,12-13H2,1-8H3;4*1H;3*1H;;;;;;;;/q-1;;;;4*-1;;;;3*+1;+2;;;;/p+5. The average Bonchev–Trinajstić information content (AvgIpc) is 0.776. The second-order valence-electron chi connectivity index (χ2n) is 40.0. The molecule has 0 saturated heterocycles. The summed E-state index contributed by atoms with van der Waals surface area (Å²) in [7, 11) is 10.1. The van der Waals surface area contributed by atoms with Crippen molar-refractivity contribution in [1.82, 2.24) is 15.0 Å². The van der Waals surface area contributed by atoms with E-state index >= 15 is 0 Å². The Kier molecular flexibility index (Phi) is 70.0. The van der Waals surface area contributed by atoms with E-state index in [9.17, 15) is 0 Å². The SMILES string of the molecule is CC(C)(C)[PH+](Cc1cccc(C[PH+](C(C)(C)C)C(C)(C)C)n1)C(C)(C)C.CC(C)[PH+](Cc1cccc(C[PH+](C(C)C)C(C)C)n1)C(C)C.CC(C)[PH+](Cc1cccc2c1[N-]c1c(cccc1C[PH+](C(C)C)C(C)C)C2)C(C)C.CC(C)[PH+](Cc1cccc2cc3cccc(C[PH+](C(C)C)C(C)C)c3nc12)C(C)C.[CH-]=O.[CH-]=O.[CH-]=O.[CH-]=O.[Cl][RuH].[Cl][RuH].[Cl][RuH].[RuH+2]. The third kappa shape index (κ3) is 45.8. The second kappa shape index (κ2) is 66.5. The number of hydrogen-bond acceptors (Lipinski definition) is 7. The first-order chi connectivity index (χ1) is 57.0. The fraction of sp³-hybridized carbons (Fsp3) is 0.610. The molecule has 3 aromatic heterocycles. The summed E-state index contributed by atoms with van der Waals surface area (Å²) in [6, 6.07) is 43.3. The van der Waals surface area contributed by atoms with Gasteiger partial charge in [0.15, 0.2) is 0 Å². The molecule has 23 heteroatoms. The molecule has 4 aromatic carbocycles. The number of aromatic nitrogens is 3. The van der Waals surface area contributed by atoms with Gasteiger partial charge in [-0.15, -0.1) is 11.4 Å². The van der Waals surface area contributed by atoms with E-state index in [4.69, 9.17) is 39.4 Å². The Balaban J connectivity index is -0.000000733. The van der Waals surface area contributed by atoms with Crippen LogP contribution in [0.3, 0.4) is 0 Å². The van der Waals surface area contributed by atoms with Crippen LogP contribution in [0.1, 0.15) is 305 Å². The number of hydrogen-bond donors (Lipinski definition) is 0. The van der Waals surface area contributed by atoms with E-state index < -0.39 is 47.5 Å². The molecule has 0 fully saturated rings. The van der Waals surface area contributed by atoms with Crippen molar-refractivity contribution in [3.63, 3.8) is 0 Å². The molecule has 1 aliphatic heterocycles. The minimum atomic E-state index is -0.583. The fourth-order valence-corrected chi connectivity index (χ4v) is 42.4. The summed E-state index contributed by atoms with van der Waals surface area (Å²) < 4.78 is 0. The second-order valence-corrected chi connectivity index (χ2v) is 71.5. The zero-order chi connectivity index (χ0) is 95.4. The summed E-state index contributed by atoms with van der Waals surface area (Å²) in [4.78, 5) is 46.5. The van der Waals surface area contributed by atoms with Gasteiger partial charge in [0.2, 0.25) is 0 Å². The van der Waals surface area contributed by atoms with E-state index in [2.05, 4.69) is 421 Å². The van der Waals surface area contributed by atoms with Crippen molar-refractivity contribution < 1.29 is 90.6 Å². The zero-order valence-electron chi connectivity index (χ0n) is 82.6. The molecule has 8 rings (SSSR count). The molecule has 705 valence electrons. The maximum atomic E-state index is 7.75. The number of pyridine rings is 3. The van der Waals surface area contributed by atoms with Crippen molar-refractivity contribution in [2.24, 2.45) is 0 Å². The van der Waals surface area contributed by atoms with Gasteiger partial charge >= 0.3 is 100 Å². The molecule has 0 aliphatic carbocycles. The molecule has 0 N–H and O–H groups in total. The molecule has 0 spiro atoms. The van der Waals surface area contributed by atoms with Crippen LogP contribution in [0.25, 0.3) is 27.1 Å². The van der Waals surface area contributed by atoms with E-state index in [1.807, 2.05) is 0 Å². The van der Waals surface area contributed by atoms with Crippen molar-refractivity contribution >= 4 is 153 Å². The number of halogens is 3. The van der Waals surface area contributed by atoms with Gasteiger partial charge in [0.25, 0.3) is 0 Å². The van der Waals surface area contributed by atoms with E-state index in [0.29, 0.717) is 20.6 Å². The Morgan fingerprint density at radius 1 is 0.293 bits per heavy atom. The van der Waals surface area contributed by atoms with Gasteiger partial charge in [0.05, 0.1) is 172 Å². The fourth-order valence-electron chi connectivity index (χ4n) is 17.6. The number of rotatable bonds is 28. The van der Waals surface area contributed by atoms with Gasteiger partial charge in [-0.1, -0.05) is 96.1 Å². The van der Waals surface area contributed by atoms with Gasteiger partial charge in [0.1, 0.15) is 0 Å². The molecule has 0 unspecified atom stereocenters. The van der Waals surface area contributed by atoms with Crippen LogP contribution in [0, 0.1) is 0 Å². The van der Waals surface area contributed by atoms with Crippen molar-refractivity contribution in [3.05, 3.63) is 177 Å². The quantitative estimate of drug-likeness (QED) is 0.0157. The third-order valence-corrected chi connectivity index (χ3v) is 54.3. The van der Waals surface area contributed by atoms with Gasteiger partial charge in [-0.05, 0) is 297 Å². The molecule has 1 aliphatic rings. The van der Waals surface area contributed by atoms with E-state index in [0.717, 1.165) is 74.3 Å². The Bertz CT molecular complexity index is 3670. The Morgan fingerprint density at radius 2 is 0.488 bits per heavy atom. The van der Waals surface area contributed by atoms with E-state index in [-0.39, 0.29) is 35.3 Å². The molecule has 0 atom stereocenters. The van der Waals surface area contributed by atoms with Crippen molar-refractivity contribution in [2.75, 3.05) is 0 Å². The minimum absolute atomic E-state index is 0. The van der Waals surface area contributed by atoms with Crippen LogP contribution < -0.4 is 0 Å². The number of nitrogens with zero attached hydrogens (tertiary/aromatic N) is 4. The van der Waals surface area contributed by atoms with Crippen molar-refractivity contribution in [1.29, 1.82) is 0 Å². The Morgan fingerprint density at radius 3 is 0.715 bits per heavy atom. The first kappa shape index (κ1) is 129. The van der Waals surface area contributed by atoms with Gasteiger partial charge < -0.3 is 24.5 Å². The first-order valence-corrected chi connectivity index (χ1v) is 65.6. The Labute approximate surface area is 820 Å². The molecule has 123 heavy (non-hydrogen) atoms. The molecule has 8 nitrogen and oxygen atoms in total. The number of benzene rings is 4. The first-order valence-electron chi connectivity index (χ1n) is 43.9. The maximum absolute atomic E-state index is 7.75. The molecule has 7 aromatic rings. The molecular weight excluding hydrogens is 2080 g/mol. The molecule has 0 radical (unpaired) electrons. The van der Waals surface area contributed by atoms with Crippen molar-refractivity contribution in [2.45, 2.75) is 394 Å². The molecular formula is C100H173Cl3N4O4P8Ru4+5. The van der Waals surface area contributed by atoms with Gasteiger partial charge in [-0.25, -0.2) is 4.98 Å². The third-order valence-electron chi connectivity index (χ3n) is 23.2. The van der Waals surface area contributed by atoms with Crippen LogP contribution in [-0.4, -0.2) is 131 Å². The number of para-hydroxylation sites is 4. The monoisotopic (exact) mass is 2250 g/mol. The summed E-state index contributed by atoms with van der Waals surface area (Å²) in [5.74, 6) is 0. The predicted molar refractivity (Wildman–Crippen MR) is 573 cm³/mol. The predicted octanol–water partition coefficient (Wildman–Crippen LogP) is 31.2. The average molecular weight is 2250 g/mol. The number of fused-ring (bicyclic) bond motifs is 4. The van der Waals surface area contributed by atoms with Crippen LogP contribution in [0.2, 0.25) is 0 Å². The van der Waals surface area contributed by atoms with Crippen LogP contribution in [0.15, 0.2) is 115 Å². The molecule has 0 amide bonds. The molecule has 4 heterocycles. The zero-order valence-corrected chi connectivity index (χ0v) is 100. The summed E-state index contributed by atoms with van der Waals surface area (Å²) in [6.07, 6.45) is 10.7. The van der Waals surface area contributed by atoms with Crippen LogP contribution in [0.4, 0.5) is 11.4 Å². The summed E-state index contributed by atoms with van der Waals surface area (Å²) in [6.45, 7) is 99.6. The van der Waals surface area contributed by atoms with Crippen LogP contribution in [-0.2, 0) is 146 Å². The van der Waals surface area contributed by atoms with Crippen LogP contribution >= 0.6 is 92.4 Å².